The van der Waals surface area contributed by atoms with E-state index in [9.17, 15) is 4.79 Å². The third-order valence-electron chi connectivity index (χ3n) is 3.64. The summed E-state index contributed by atoms with van der Waals surface area (Å²) in [6, 6.07) is 0. The molecule has 0 aliphatic heterocycles. The second kappa shape index (κ2) is 5.55. The molecule has 0 fully saturated rings. The van der Waals surface area contributed by atoms with E-state index in [0.717, 1.165) is 15.9 Å². The molecule has 1 atom stereocenters. The van der Waals surface area contributed by atoms with E-state index in [4.69, 9.17) is 0 Å². The van der Waals surface area contributed by atoms with Gasteiger partial charge in [0.05, 0.1) is 15.9 Å². The molecule has 0 radical (unpaired) electrons. The number of hydrogen-bond donors (Lipinski definition) is 0. The predicted octanol–water partition coefficient (Wildman–Crippen LogP) is 3.67. The van der Waals surface area contributed by atoms with Crippen molar-refractivity contribution in [3.63, 3.8) is 0 Å². The molecular formula is C14H23BrN2O. The number of carbonyl (C=O) groups excluding carboxylic acids is 1. The molecule has 0 bridgehead atoms. The Morgan fingerprint density at radius 1 is 1.44 bits per heavy atom. The Balaban J connectivity index is 2.71. The maximum Gasteiger partial charge on any atom is 0.139 e. The summed E-state index contributed by atoms with van der Waals surface area (Å²) in [6.07, 6.45) is 1.08. The van der Waals surface area contributed by atoms with Crippen molar-refractivity contribution in [2.45, 2.75) is 47.5 Å². The molecule has 0 N–H and O–H groups in total. The Morgan fingerprint density at radius 3 is 2.39 bits per heavy atom. The number of ketones is 1. The van der Waals surface area contributed by atoms with Crippen LogP contribution in [-0.2, 0) is 18.3 Å². The zero-order valence-electron chi connectivity index (χ0n) is 12.2. The van der Waals surface area contributed by atoms with E-state index in [1.807, 2.05) is 14.0 Å². The van der Waals surface area contributed by atoms with Gasteiger partial charge in [-0.25, -0.2) is 0 Å². The molecule has 1 heterocycles. The van der Waals surface area contributed by atoms with Crippen LogP contribution in [0.4, 0.5) is 0 Å². The topological polar surface area (TPSA) is 34.9 Å². The Kier molecular flexibility index (Phi) is 4.76. The van der Waals surface area contributed by atoms with Crippen molar-refractivity contribution in [1.29, 1.82) is 0 Å². The van der Waals surface area contributed by atoms with Gasteiger partial charge in [0.15, 0.2) is 0 Å². The fourth-order valence-electron chi connectivity index (χ4n) is 1.78. The summed E-state index contributed by atoms with van der Waals surface area (Å²) >= 11 is 3.50. The zero-order valence-corrected chi connectivity index (χ0v) is 13.8. The standard InChI is InChI=1S/C14H23BrN2O/c1-9(14(3,4)5)7-11(18)8-12-13(15)10(2)16-17(12)6/h9H,7-8H2,1-6H3. The summed E-state index contributed by atoms with van der Waals surface area (Å²) in [7, 11) is 1.88. The van der Waals surface area contributed by atoms with Crippen LogP contribution in [0.3, 0.4) is 0 Å². The molecule has 3 nitrogen and oxygen atoms in total. The van der Waals surface area contributed by atoms with Crippen molar-refractivity contribution in [2.24, 2.45) is 18.4 Å². The Labute approximate surface area is 118 Å². The minimum absolute atomic E-state index is 0.176. The monoisotopic (exact) mass is 314 g/mol. The van der Waals surface area contributed by atoms with Crippen LogP contribution >= 0.6 is 15.9 Å². The lowest BCUT2D eigenvalue weighted by Gasteiger charge is -2.26. The highest BCUT2D eigenvalue weighted by atomic mass is 79.9. The first-order valence-corrected chi connectivity index (χ1v) is 7.12. The molecule has 0 aliphatic rings. The zero-order chi connectivity index (χ0) is 14.1. The van der Waals surface area contributed by atoms with Gasteiger partial charge in [0, 0.05) is 19.9 Å². The van der Waals surface area contributed by atoms with Crippen molar-refractivity contribution in [2.75, 3.05) is 0 Å². The second-order valence-corrected chi connectivity index (χ2v) is 6.95. The summed E-state index contributed by atoms with van der Waals surface area (Å²) < 4.78 is 2.75. The summed E-state index contributed by atoms with van der Waals surface area (Å²) in [6.45, 7) is 10.6. The molecule has 1 aromatic heterocycles. The molecule has 18 heavy (non-hydrogen) atoms. The maximum atomic E-state index is 12.1. The molecule has 0 saturated carbocycles. The first-order valence-electron chi connectivity index (χ1n) is 6.32. The van der Waals surface area contributed by atoms with E-state index in [0.29, 0.717) is 18.8 Å². The molecule has 0 aromatic carbocycles. The molecular weight excluding hydrogens is 292 g/mol. The highest BCUT2D eigenvalue weighted by Crippen LogP contribution is 2.29. The molecule has 0 spiro atoms. The van der Waals surface area contributed by atoms with Gasteiger partial charge < -0.3 is 0 Å². The molecule has 4 heteroatoms. The van der Waals surface area contributed by atoms with Crippen LogP contribution in [0.1, 0.15) is 45.5 Å². The first-order chi connectivity index (χ1) is 8.12. The first kappa shape index (κ1) is 15.4. The minimum Gasteiger partial charge on any atom is -0.299 e. The van der Waals surface area contributed by atoms with E-state index in [1.54, 1.807) is 4.68 Å². The van der Waals surface area contributed by atoms with Gasteiger partial charge in [-0.1, -0.05) is 27.7 Å². The Bertz CT molecular complexity index is 443. The van der Waals surface area contributed by atoms with Gasteiger partial charge >= 0.3 is 0 Å². The lowest BCUT2D eigenvalue weighted by Crippen LogP contribution is -2.21. The van der Waals surface area contributed by atoms with Crippen LogP contribution in [0.5, 0.6) is 0 Å². The third-order valence-corrected chi connectivity index (χ3v) is 4.67. The Hall–Kier alpha value is -0.640. The lowest BCUT2D eigenvalue weighted by molar-refractivity contribution is -0.120. The molecule has 0 amide bonds. The highest BCUT2D eigenvalue weighted by Gasteiger charge is 2.23. The molecule has 1 unspecified atom stereocenters. The summed E-state index contributed by atoms with van der Waals surface area (Å²) in [5.41, 5.74) is 2.08. The number of Topliss-reactive ketones (excluding diaryl/α,β-unsaturated/α-hetero) is 1. The van der Waals surface area contributed by atoms with Crippen LogP contribution in [0, 0.1) is 18.3 Å². The van der Waals surface area contributed by atoms with Gasteiger partial charge in [-0.05, 0) is 34.2 Å². The van der Waals surface area contributed by atoms with E-state index in [1.165, 1.54) is 0 Å². The van der Waals surface area contributed by atoms with Gasteiger partial charge in [-0.3, -0.25) is 9.48 Å². The molecule has 102 valence electrons. The summed E-state index contributed by atoms with van der Waals surface area (Å²) in [4.78, 5) is 12.1. The van der Waals surface area contributed by atoms with Crippen molar-refractivity contribution < 1.29 is 4.79 Å². The number of hydrogen-bond acceptors (Lipinski definition) is 2. The van der Waals surface area contributed by atoms with Gasteiger partial charge in [0.25, 0.3) is 0 Å². The average molecular weight is 315 g/mol. The number of aromatic nitrogens is 2. The normalized spacial score (nSPS) is 13.7. The van der Waals surface area contributed by atoms with Gasteiger partial charge in [0.1, 0.15) is 5.78 Å². The maximum absolute atomic E-state index is 12.1. The molecule has 0 saturated heterocycles. The third kappa shape index (κ3) is 3.67. The quantitative estimate of drug-likeness (QED) is 0.849. The summed E-state index contributed by atoms with van der Waals surface area (Å²) in [5, 5.41) is 4.31. The Morgan fingerprint density at radius 2 is 2.00 bits per heavy atom. The molecule has 0 aliphatic carbocycles. The van der Waals surface area contributed by atoms with Crippen molar-refractivity contribution in [3.8, 4) is 0 Å². The number of nitrogens with zero attached hydrogens (tertiary/aromatic N) is 2. The second-order valence-electron chi connectivity index (χ2n) is 6.16. The van der Waals surface area contributed by atoms with E-state index in [2.05, 4.69) is 48.7 Å². The van der Waals surface area contributed by atoms with Gasteiger partial charge in [-0.15, -0.1) is 0 Å². The average Bonchev–Trinajstić information content (AvgIpc) is 2.43. The number of carbonyl (C=O) groups is 1. The fraction of sp³-hybridized carbons (Fsp3) is 0.714. The predicted molar refractivity (Wildman–Crippen MR) is 77.6 cm³/mol. The van der Waals surface area contributed by atoms with Crippen molar-refractivity contribution >= 4 is 21.7 Å². The number of aryl methyl sites for hydroxylation is 2. The molecule has 1 rings (SSSR count). The number of rotatable bonds is 4. The van der Waals surface area contributed by atoms with E-state index >= 15 is 0 Å². The van der Waals surface area contributed by atoms with Crippen molar-refractivity contribution in [1.82, 2.24) is 9.78 Å². The summed E-state index contributed by atoms with van der Waals surface area (Å²) in [5.74, 6) is 0.666. The fourth-order valence-corrected chi connectivity index (χ4v) is 2.25. The van der Waals surface area contributed by atoms with Crippen LogP contribution in [0.15, 0.2) is 4.47 Å². The van der Waals surface area contributed by atoms with E-state index < -0.39 is 0 Å². The van der Waals surface area contributed by atoms with Crippen LogP contribution < -0.4 is 0 Å². The van der Waals surface area contributed by atoms with Crippen LogP contribution in [0.2, 0.25) is 0 Å². The van der Waals surface area contributed by atoms with E-state index in [-0.39, 0.29) is 11.2 Å². The molecule has 1 aromatic rings. The SMILES string of the molecule is Cc1nn(C)c(CC(=O)CC(C)C(C)(C)C)c1Br. The van der Waals surface area contributed by atoms with Gasteiger partial charge in [-0.2, -0.15) is 5.10 Å². The highest BCUT2D eigenvalue weighted by molar-refractivity contribution is 9.10. The smallest absolute Gasteiger partial charge is 0.139 e. The number of halogens is 1. The lowest BCUT2D eigenvalue weighted by atomic mass is 9.79. The largest absolute Gasteiger partial charge is 0.299 e. The van der Waals surface area contributed by atoms with Crippen LogP contribution in [-0.4, -0.2) is 15.6 Å². The van der Waals surface area contributed by atoms with Crippen LogP contribution in [0.25, 0.3) is 0 Å². The minimum atomic E-state index is 0.176. The van der Waals surface area contributed by atoms with Crippen molar-refractivity contribution in [3.05, 3.63) is 15.9 Å². The van der Waals surface area contributed by atoms with Gasteiger partial charge in [0.2, 0.25) is 0 Å².